The van der Waals surface area contributed by atoms with Crippen molar-refractivity contribution in [2.75, 3.05) is 40.4 Å². The summed E-state index contributed by atoms with van der Waals surface area (Å²) in [6.07, 6.45) is 7.78. The van der Waals surface area contributed by atoms with Crippen molar-refractivity contribution in [1.29, 1.82) is 0 Å². The highest BCUT2D eigenvalue weighted by atomic mass is 16.5. The molecule has 1 aromatic heterocycles. The van der Waals surface area contributed by atoms with Crippen LogP contribution >= 0.6 is 0 Å². The van der Waals surface area contributed by atoms with Crippen LogP contribution in [0.3, 0.4) is 0 Å². The second-order valence-corrected chi connectivity index (χ2v) is 11.5. The summed E-state index contributed by atoms with van der Waals surface area (Å²) < 4.78 is 14.0. The number of fused-ring (bicyclic) bond motifs is 1. The maximum absolute atomic E-state index is 11.8. The average molecular weight is 623 g/mol. The molecule has 1 aliphatic heterocycles. The third-order valence-electron chi connectivity index (χ3n) is 8.16. The van der Waals surface area contributed by atoms with Gasteiger partial charge in [-0.15, -0.1) is 0 Å². The highest BCUT2D eigenvalue weighted by Gasteiger charge is 2.20. The van der Waals surface area contributed by atoms with Crippen molar-refractivity contribution in [1.82, 2.24) is 19.6 Å². The number of likely N-dealkylation sites (N-methyl/N-ethyl adjacent to an activating group) is 1. The molecule has 240 valence electrons. The Morgan fingerprint density at radius 2 is 1.78 bits per heavy atom. The molecule has 0 aliphatic carbocycles. The fourth-order valence-electron chi connectivity index (χ4n) is 5.72. The summed E-state index contributed by atoms with van der Waals surface area (Å²) in [4.78, 5) is 26.1. The number of allylic oxidation sites excluding steroid dienone is 1. The SMILES string of the molecule is CCC(=C(c1ccc(OCCN(CC=CC(=O)N(C)C)C(=O)O)cc1)c1ccc2c(cnn2C2CCCCO2)c1)c1ccccc1. The number of carbonyl (C=O) groups excluding carboxylic acids is 1. The zero-order chi connectivity index (χ0) is 32.5. The Morgan fingerprint density at radius 3 is 2.46 bits per heavy atom. The Kier molecular flexibility index (Phi) is 10.9. The quantitative estimate of drug-likeness (QED) is 0.134. The standard InChI is InChI=1S/C37H42N4O5/c1-4-32(27-11-6-5-7-12-27)36(29-17-20-33-30(25-29)26-38-41(33)35-14-8-9-23-46-35)28-15-18-31(19-16-28)45-24-22-40(37(43)44)21-10-13-34(42)39(2)3/h5-7,10-13,15-20,25-26,35H,4,8-9,14,21-24H2,1-3H3,(H,43,44). The molecular formula is C37H42N4O5. The molecule has 0 bridgehead atoms. The van der Waals surface area contributed by atoms with Gasteiger partial charge in [0.15, 0.2) is 6.23 Å². The maximum Gasteiger partial charge on any atom is 0.407 e. The molecule has 5 rings (SSSR count). The number of carboxylic acid groups (broad SMARTS) is 1. The molecule has 3 aromatic carbocycles. The Balaban J connectivity index is 1.38. The smallest absolute Gasteiger partial charge is 0.407 e. The predicted molar refractivity (Wildman–Crippen MR) is 181 cm³/mol. The highest BCUT2D eigenvalue weighted by Crippen LogP contribution is 2.37. The fourth-order valence-corrected chi connectivity index (χ4v) is 5.72. The Morgan fingerprint density at radius 1 is 1.02 bits per heavy atom. The first-order valence-corrected chi connectivity index (χ1v) is 15.8. The third-order valence-corrected chi connectivity index (χ3v) is 8.16. The Labute approximate surface area is 270 Å². The van der Waals surface area contributed by atoms with Gasteiger partial charge in [0.1, 0.15) is 12.4 Å². The molecule has 2 heterocycles. The second-order valence-electron chi connectivity index (χ2n) is 11.5. The molecular weight excluding hydrogens is 580 g/mol. The largest absolute Gasteiger partial charge is 0.492 e. The van der Waals surface area contributed by atoms with Crippen LogP contribution in [0.25, 0.3) is 22.0 Å². The monoisotopic (exact) mass is 622 g/mol. The normalized spacial score (nSPS) is 15.5. The van der Waals surface area contributed by atoms with E-state index in [0.29, 0.717) is 5.75 Å². The number of hydrogen-bond acceptors (Lipinski definition) is 5. The molecule has 46 heavy (non-hydrogen) atoms. The average Bonchev–Trinajstić information content (AvgIpc) is 3.51. The molecule has 4 aromatic rings. The van der Waals surface area contributed by atoms with E-state index in [1.807, 2.05) is 29.1 Å². The van der Waals surface area contributed by atoms with E-state index in [2.05, 4.69) is 61.5 Å². The summed E-state index contributed by atoms with van der Waals surface area (Å²) in [6.45, 7) is 3.38. The molecule has 0 spiro atoms. The van der Waals surface area contributed by atoms with Crippen molar-refractivity contribution in [3.63, 3.8) is 0 Å². The zero-order valence-corrected chi connectivity index (χ0v) is 26.8. The van der Waals surface area contributed by atoms with E-state index >= 15 is 0 Å². The number of carbonyl (C=O) groups is 2. The molecule has 1 N–H and O–H groups in total. The number of rotatable bonds is 12. The molecule has 1 fully saturated rings. The van der Waals surface area contributed by atoms with Crippen LogP contribution in [0.15, 0.2) is 91.1 Å². The van der Waals surface area contributed by atoms with Gasteiger partial charge in [-0.25, -0.2) is 9.48 Å². The molecule has 0 radical (unpaired) electrons. The predicted octanol–water partition coefficient (Wildman–Crippen LogP) is 7.11. The minimum atomic E-state index is -1.07. The van der Waals surface area contributed by atoms with Crippen LogP contribution in [-0.2, 0) is 9.53 Å². The number of benzene rings is 3. The van der Waals surface area contributed by atoms with E-state index < -0.39 is 6.09 Å². The lowest BCUT2D eigenvalue weighted by atomic mass is 9.88. The van der Waals surface area contributed by atoms with Crippen LogP contribution in [0.4, 0.5) is 4.79 Å². The van der Waals surface area contributed by atoms with Gasteiger partial charge in [-0.05, 0) is 77.8 Å². The minimum Gasteiger partial charge on any atom is -0.492 e. The first-order valence-electron chi connectivity index (χ1n) is 15.8. The number of amides is 2. The van der Waals surface area contributed by atoms with Gasteiger partial charge in [-0.2, -0.15) is 5.10 Å². The van der Waals surface area contributed by atoms with Crippen LogP contribution < -0.4 is 4.74 Å². The van der Waals surface area contributed by atoms with Crippen LogP contribution in [0.5, 0.6) is 5.75 Å². The summed E-state index contributed by atoms with van der Waals surface area (Å²) in [7, 11) is 3.29. The van der Waals surface area contributed by atoms with Crippen molar-refractivity contribution in [2.45, 2.75) is 38.8 Å². The third kappa shape index (κ3) is 7.84. The first kappa shape index (κ1) is 32.5. The number of aromatic nitrogens is 2. The second kappa shape index (κ2) is 15.4. The van der Waals surface area contributed by atoms with Gasteiger partial charge in [0.05, 0.1) is 18.3 Å². The van der Waals surface area contributed by atoms with E-state index in [9.17, 15) is 14.7 Å². The van der Waals surface area contributed by atoms with Crippen LogP contribution in [-0.4, -0.2) is 77.1 Å². The molecule has 0 saturated carbocycles. The highest BCUT2D eigenvalue weighted by molar-refractivity contribution is 6.00. The number of hydrogen-bond donors (Lipinski definition) is 1. The molecule has 1 atom stereocenters. The summed E-state index contributed by atoms with van der Waals surface area (Å²) in [5.41, 5.74) is 6.75. The molecule has 1 unspecified atom stereocenters. The molecule has 2 amide bonds. The van der Waals surface area contributed by atoms with E-state index in [1.54, 1.807) is 20.2 Å². The van der Waals surface area contributed by atoms with E-state index in [0.717, 1.165) is 59.9 Å². The van der Waals surface area contributed by atoms with Crippen molar-refractivity contribution >= 4 is 34.0 Å². The lowest BCUT2D eigenvalue weighted by Crippen LogP contribution is -2.33. The molecule has 1 aliphatic rings. The summed E-state index contributed by atoms with van der Waals surface area (Å²) in [6, 6.07) is 24.9. The van der Waals surface area contributed by atoms with Crippen molar-refractivity contribution in [3.05, 3.63) is 108 Å². The maximum atomic E-state index is 11.8. The summed E-state index contributed by atoms with van der Waals surface area (Å²) in [5.74, 6) is 0.450. The van der Waals surface area contributed by atoms with Crippen LogP contribution in [0, 0.1) is 0 Å². The fraction of sp³-hybridized carbons (Fsp3) is 0.324. The van der Waals surface area contributed by atoms with E-state index in [1.165, 1.54) is 27.0 Å². The molecule has 9 heteroatoms. The van der Waals surface area contributed by atoms with Crippen LogP contribution in [0.2, 0.25) is 0 Å². The first-order chi connectivity index (χ1) is 22.4. The Bertz CT molecular complexity index is 1690. The van der Waals surface area contributed by atoms with Gasteiger partial charge in [-0.3, -0.25) is 4.79 Å². The lowest BCUT2D eigenvalue weighted by Gasteiger charge is -2.23. The van der Waals surface area contributed by atoms with Gasteiger partial charge < -0.3 is 24.4 Å². The topological polar surface area (TPSA) is 97.1 Å². The van der Waals surface area contributed by atoms with Crippen molar-refractivity contribution < 1.29 is 24.2 Å². The number of ether oxygens (including phenoxy) is 2. The lowest BCUT2D eigenvalue weighted by molar-refractivity contribution is -0.123. The summed E-state index contributed by atoms with van der Waals surface area (Å²) in [5, 5.41) is 15.4. The minimum absolute atomic E-state index is 0.0264. The van der Waals surface area contributed by atoms with Gasteiger partial charge in [0.25, 0.3) is 0 Å². The summed E-state index contributed by atoms with van der Waals surface area (Å²) >= 11 is 0. The Hall–Kier alpha value is -4.89. The molecule has 9 nitrogen and oxygen atoms in total. The molecule has 1 saturated heterocycles. The van der Waals surface area contributed by atoms with Crippen molar-refractivity contribution in [3.8, 4) is 5.75 Å². The van der Waals surface area contributed by atoms with Gasteiger partial charge in [0.2, 0.25) is 5.91 Å². The van der Waals surface area contributed by atoms with E-state index in [4.69, 9.17) is 14.6 Å². The van der Waals surface area contributed by atoms with Gasteiger partial charge in [-0.1, -0.05) is 61.5 Å². The number of nitrogens with zero attached hydrogens (tertiary/aromatic N) is 4. The zero-order valence-electron chi connectivity index (χ0n) is 26.8. The van der Waals surface area contributed by atoms with Crippen molar-refractivity contribution in [2.24, 2.45) is 0 Å². The van der Waals surface area contributed by atoms with Crippen LogP contribution in [0.1, 0.15) is 55.5 Å². The van der Waals surface area contributed by atoms with Gasteiger partial charge in [0, 0.05) is 38.7 Å². The van der Waals surface area contributed by atoms with Gasteiger partial charge >= 0.3 is 6.09 Å². The van der Waals surface area contributed by atoms with E-state index in [-0.39, 0.29) is 31.8 Å².